The third kappa shape index (κ3) is 3.86. The molecule has 21 heavy (non-hydrogen) atoms. The van der Waals surface area contributed by atoms with Crippen LogP contribution in [0.25, 0.3) is 0 Å². The van der Waals surface area contributed by atoms with Gasteiger partial charge < -0.3 is 10.5 Å². The van der Waals surface area contributed by atoms with E-state index in [0.29, 0.717) is 10.8 Å². The molecule has 5 nitrogen and oxygen atoms in total. The summed E-state index contributed by atoms with van der Waals surface area (Å²) >= 11 is 0. The molecule has 1 aliphatic carbocycles. The fourth-order valence-corrected chi connectivity index (χ4v) is 1.94. The molecule has 0 radical (unpaired) electrons. The van der Waals surface area contributed by atoms with E-state index in [-0.39, 0.29) is 17.8 Å². The SMILES string of the molecule is CC(C#C[C@H]1CC[C@H]1Oc1ccc(F)cc1)N(O)C(N)=O. The lowest BCUT2D eigenvalue weighted by atomic mass is 9.82. The Balaban J connectivity index is 1.91. The number of halogens is 1. The number of primary amides is 1. The Morgan fingerprint density at radius 2 is 2.14 bits per heavy atom. The first-order valence-corrected chi connectivity index (χ1v) is 6.68. The Labute approximate surface area is 122 Å². The van der Waals surface area contributed by atoms with Crippen LogP contribution in [0.3, 0.4) is 0 Å². The summed E-state index contributed by atoms with van der Waals surface area (Å²) in [5, 5.41) is 9.71. The van der Waals surface area contributed by atoms with Crippen molar-refractivity contribution in [2.24, 2.45) is 11.7 Å². The number of benzene rings is 1. The highest BCUT2D eigenvalue weighted by Crippen LogP contribution is 2.31. The molecule has 1 fully saturated rings. The van der Waals surface area contributed by atoms with E-state index < -0.39 is 12.1 Å². The van der Waals surface area contributed by atoms with Crippen LogP contribution in [0.4, 0.5) is 9.18 Å². The van der Waals surface area contributed by atoms with Crippen molar-refractivity contribution in [3.63, 3.8) is 0 Å². The van der Waals surface area contributed by atoms with E-state index in [9.17, 15) is 14.4 Å². The zero-order valence-electron chi connectivity index (χ0n) is 11.6. The van der Waals surface area contributed by atoms with Gasteiger partial charge in [0.2, 0.25) is 0 Å². The van der Waals surface area contributed by atoms with Crippen LogP contribution in [0.2, 0.25) is 0 Å². The number of nitrogens with two attached hydrogens (primary N) is 1. The fourth-order valence-electron chi connectivity index (χ4n) is 1.94. The van der Waals surface area contributed by atoms with Crippen molar-refractivity contribution in [3.8, 4) is 17.6 Å². The Morgan fingerprint density at radius 3 is 2.67 bits per heavy atom. The molecule has 1 unspecified atom stereocenters. The Kier molecular flexibility index (Phi) is 4.66. The number of amides is 2. The average molecular weight is 292 g/mol. The van der Waals surface area contributed by atoms with Crippen molar-refractivity contribution in [2.45, 2.75) is 31.9 Å². The maximum Gasteiger partial charge on any atom is 0.339 e. The summed E-state index contributed by atoms with van der Waals surface area (Å²) in [6, 6.07) is 4.21. The molecule has 6 heteroatoms. The summed E-state index contributed by atoms with van der Waals surface area (Å²) in [5.41, 5.74) is 4.95. The number of nitrogens with zero attached hydrogens (tertiary/aromatic N) is 1. The first kappa shape index (κ1) is 15.1. The van der Waals surface area contributed by atoms with E-state index in [2.05, 4.69) is 11.8 Å². The lowest BCUT2D eigenvalue weighted by molar-refractivity contribution is -0.0537. The lowest BCUT2D eigenvalue weighted by Crippen LogP contribution is -2.39. The summed E-state index contributed by atoms with van der Waals surface area (Å²) in [6.07, 6.45) is 1.69. The molecule has 3 N–H and O–H groups in total. The Bertz CT molecular complexity index is 565. The van der Waals surface area contributed by atoms with Gasteiger partial charge in [-0.1, -0.05) is 11.8 Å². The number of ether oxygens (including phenoxy) is 1. The van der Waals surface area contributed by atoms with Crippen LogP contribution in [-0.2, 0) is 0 Å². The normalized spacial score (nSPS) is 21.5. The van der Waals surface area contributed by atoms with Gasteiger partial charge in [-0.05, 0) is 44.0 Å². The van der Waals surface area contributed by atoms with Crippen LogP contribution in [0.5, 0.6) is 5.75 Å². The van der Waals surface area contributed by atoms with Gasteiger partial charge in [-0.25, -0.2) is 9.18 Å². The summed E-state index contributed by atoms with van der Waals surface area (Å²) in [7, 11) is 0. The molecule has 0 spiro atoms. The molecule has 0 bridgehead atoms. The van der Waals surface area contributed by atoms with Gasteiger partial charge in [-0.15, -0.1) is 0 Å². The van der Waals surface area contributed by atoms with E-state index in [1.807, 2.05) is 0 Å². The molecule has 1 aromatic rings. The first-order chi connectivity index (χ1) is 9.97. The summed E-state index contributed by atoms with van der Waals surface area (Å²) in [5.74, 6) is 6.07. The predicted octanol–water partition coefficient (Wildman–Crippen LogP) is 2.14. The Hall–Kier alpha value is -2.26. The second-order valence-corrected chi connectivity index (χ2v) is 4.94. The van der Waals surface area contributed by atoms with Crippen LogP contribution in [0, 0.1) is 23.6 Å². The van der Waals surface area contributed by atoms with Gasteiger partial charge in [-0.2, -0.15) is 5.06 Å². The minimum absolute atomic E-state index is 0.0266. The van der Waals surface area contributed by atoms with Crippen molar-refractivity contribution in [1.29, 1.82) is 0 Å². The van der Waals surface area contributed by atoms with Gasteiger partial charge in [0.15, 0.2) is 0 Å². The van der Waals surface area contributed by atoms with Gasteiger partial charge in [-0.3, -0.25) is 5.21 Å². The second-order valence-electron chi connectivity index (χ2n) is 4.94. The largest absolute Gasteiger partial charge is 0.489 e. The van der Waals surface area contributed by atoms with Crippen molar-refractivity contribution >= 4 is 6.03 Å². The minimum Gasteiger partial charge on any atom is -0.489 e. The van der Waals surface area contributed by atoms with Crippen LogP contribution < -0.4 is 10.5 Å². The monoisotopic (exact) mass is 292 g/mol. The third-order valence-electron chi connectivity index (χ3n) is 3.38. The van der Waals surface area contributed by atoms with Gasteiger partial charge in [0, 0.05) is 0 Å². The number of hydrogen-bond acceptors (Lipinski definition) is 3. The topological polar surface area (TPSA) is 75.8 Å². The van der Waals surface area contributed by atoms with E-state index in [1.54, 1.807) is 19.1 Å². The molecule has 0 heterocycles. The number of hydroxylamine groups is 2. The van der Waals surface area contributed by atoms with Crippen molar-refractivity contribution in [3.05, 3.63) is 30.1 Å². The smallest absolute Gasteiger partial charge is 0.339 e. The van der Waals surface area contributed by atoms with E-state index in [1.165, 1.54) is 12.1 Å². The van der Waals surface area contributed by atoms with E-state index in [4.69, 9.17) is 10.5 Å². The third-order valence-corrected chi connectivity index (χ3v) is 3.38. The molecule has 112 valence electrons. The zero-order valence-corrected chi connectivity index (χ0v) is 11.6. The van der Waals surface area contributed by atoms with Crippen molar-refractivity contribution in [1.82, 2.24) is 5.06 Å². The lowest BCUT2D eigenvalue weighted by Gasteiger charge is -2.33. The first-order valence-electron chi connectivity index (χ1n) is 6.68. The number of carbonyl (C=O) groups is 1. The molecule has 3 atom stereocenters. The molecule has 1 aromatic carbocycles. The second kappa shape index (κ2) is 6.46. The van der Waals surface area contributed by atoms with Crippen LogP contribution in [-0.4, -0.2) is 28.4 Å². The highest BCUT2D eigenvalue weighted by atomic mass is 19.1. The Morgan fingerprint density at radius 1 is 1.48 bits per heavy atom. The fraction of sp³-hybridized carbons (Fsp3) is 0.400. The molecule has 2 rings (SSSR count). The number of hydrogen-bond donors (Lipinski definition) is 2. The average Bonchev–Trinajstić information content (AvgIpc) is 2.44. The maximum absolute atomic E-state index is 12.8. The van der Waals surface area contributed by atoms with Crippen LogP contribution in [0.15, 0.2) is 24.3 Å². The quantitative estimate of drug-likeness (QED) is 0.509. The molecular formula is C15H17FN2O3. The molecular weight excluding hydrogens is 275 g/mol. The standard InChI is InChI=1S/C15H17FN2O3/c1-10(18(20)15(17)19)2-3-11-4-9-14(11)21-13-7-5-12(16)6-8-13/h5-8,10-11,14,20H,4,9H2,1H3,(H2,17,19)/t10?,11-,14+/m0/s1. The zero-order chi connectivity index (χ0) is 15.4. The maximum atomic E-state index is 12.8. The van der Waals surface area contributed by atoms with Gasteiger partial charge in [0.1, 0.15) is 23.7 Å². The van der Waals surface area contributed by atoms with Crippen LogP contribution >= 0.6 is 0 Å². The number of carbonyl (C=O) groups excluding carboxylic acids is 1. The highest BCUT2D eigenvalue weighted by molar-refractivity contribution is 5.71. The minimum atomic E-state index is -0.940. The highest BCUT2D eigenvalue weighted by Gasteiger charge is 2.31. The molecule has 1 aliphatic rings. The van der Waals surface area contributed by atoms with Crippen LogP contribution in [0.1, 0.15) is 19.8 Å². The van der Waals surface area contributed by atoms with E-state index >= 15 is 0 Å². The van der Waals surface area contributed by atoms with Crippen molar-refractivity contribution in [2.75, 3.05) is 0 Å². The summed E-state index contributed by atoms with van der Waals surface area (Å²) < 4.78 is 18.5. The molecule has 1 saturated carbocycles. The van der Waals surface area contributed by atoms with Crippen molar-refractivity contribution < 1.29 is 19.1 Å². The molecule has 0 saturated heterocycles. The van der Waals surface area contributed by atoms with Gasteiger partial charge >= 0.3 is 6.03 Å². The number of rotatable bonds is 3. The molecule has 2 amide bonds. The summed E-state index contributed by atoms with van der Waals surface area (Å²) in [6.45, 7) is 1.58. The van der Waals surface area contributed by atoms with Gasteiger partial charge in [0.25, 0.3) is 0 Å². The predicted molar refractivity (Wildman–Crippen MR) is 74.0 cm³/mol. The molecule has 0 aromatic heterocycles. The molecule has 0 aliphatic heterocycles. The van der Waals surface area contributed by atoms with E-state index in [0.717, 1.165) is 12.8 Å². The summed E-state index contributed by atoms with van der Waals surface area (Å²) in [4.78, 5) is 10.8. The number of urea groups is 1. The van der Waals surface area contributed by atoms with Gasteiger partial charge in [0.05, 0.1) is 5.92 Å².